The number of nitrogens with two attached hydrogens (primary N) is 1. The zero-order chi connectivity index (χ0) is 30.7. The zero-order valence-corrected chi connectivity index (χ0v) is 23.3. The maximum Gasteiger partial charge on any atom is 0.418 e. The van der Waals surface area contributed by atoms with Gasteiger partial charge in [-0.05, 0) is 55.5 Å². The lowest BCUT2D eigenvalue weighted by atomic mass is 9.85. The molecule has 0 fully saturated rings. The van der Waals surface area contributed by atoms with Crippen LogP contribution in [0.3, 0.4) is 0 Å². The predicted molar refractivity (Wildman–Crippen MR) is 149 cm³/mol. The van der Waals surface area contributed by atoms with E-state index in [1.807, 2.05) is 6.07 Å². The number of halogens is 3. The molecule has 3 aromatic rings. The molecule has 0 radical (unpaired) electrons. The van der Waals surface area contributed by atoms with Gasteiger partial charge >= 0.3 is 6.18 Å². The van der Waals surface area contributed by atoms with E-state index in [0.29, 0.717) is 5.70 Å². The van der Waals surface area contributed by atoms with Crippen LogP contribution in [-0.2, 0) is 25.8 Å². The number of carbonyl (C=O) groups is 2. The average Bonchev–Trinajstić information content (AvgIpc) is 3.45. The number of dihydropyridines is 1. The average molecular weight is 618 g/mol. The fourth-order valence-corrected chi connectivity index (χ4v) is 5.56. The molecule has 1 aliphatic rings. The first-order valence-corrected chi connectivity index (χ1v) is 14.5. The number of hydrogen-bond donors (Lipinski definition) is 4. The van der Waals surface area contributed by atoms with Crippen LogP contribution < -0.4 is 21.1 Å². The number of rotatable bonds is 8. The number of primary sulfonamides is 1. The van der Waals surface area contributed by atoms with Crippen molar-refractivity contribution in [1.82, 2.24) is 5.32 Å². The second kappa shape index (κ2) is 12.1. The number of anilines is 2. The Kier molecular flexibility index (Phi) is 8.81. The molecule has 2 heterocycles. The van der Waals surface area contributed by atoms with Crippen LogP contribution in [0, 0.1) is 11.3 Å². The Morgan fingerprint density at radius 3 is 2.38 bits per heavy atom. The Balaban J connectivity index is 1.57. The number of carbonyl (C=O) groups excluding carboxylic acids is 2. The van der Waals surface area contributed by atoms with Crippen LogP contribution in [0.4, 0.5) is 24.5 Å². The van der Waals surface area contributed by atoms with Gasteiger partial charge < -0.3 is 20.4 Å². The fourth-order valence-electron chi connectivity index (χ4n) is 4.16. The van der Waals surface area contributed by atoms with Gasteiger partial charge in [0.15, 0.2) is 0 Å². The molecular formula is C27H22F3N5O5S2. The molecule has 0 spiro atoms. The Morgan fingerprint density at radius 2 is 1.79 bits per heavy atom. The van der Waals surface area contributed by atoms with E-state index in [1.54, 1.807) is 19.1 Å². The summed E-state index contributed by atoms with van der Waals surface area (Å²) in [5, 5.41) is 23.3. The minimum atomic E-state index is -4.67. The molecule has 15 heteroatoms. The van der Waals surface area contributed by atoms with Crippen molar-refractivity contribution in [2.45, 2.75) is 23.9 Å². The molecule has 1 atom stereocenters. The summed E-state index contributed by atoms with van der Waals surface area (Å²) < 4.78 is 68.5. The topological polar surface area (TPSA) is 167 Å². The van der Waals surface area contributed by atoms with Crippen molar-refractivity contribution >= 4 is 45.0 Å². The first-order chi connectivity index (χ1) is 19.8. The van der Waals surface area contributed by atoms with Gasteiger partial charge in [-0.3, -0.25) is 9.59 Å². The third kappa shape index (κ3) is 6.85. The van der Waals surface area contributed by atoms with Gasteiger partial charge in [-0.25, -0.2) is 13.6 Å². The molecule has 0 bridgehead atoms. The van der Waals surface area contributed by atoms with Gasteiger partial charge in [-0.1, -0.05) is 23.9 Å². The van der Waals surface area contributed by atoms with Crippen molar-refractivity contribution in [3.8, 4) is 6.07 Å². The summed E-state index contributed by atoms with van der Waals surface area (Å²) >= 11 is 0.874. The molecule has 0 aliphatic carbocycles. The highest BCUT2D eigenvalue weighted by Crippen LogP contribution is 2.41. The van der Waals surface area contributed by atoms with Crippen molar-refractivity contribution in [3.63, 3.8) is 0 Å². The van der Waals surface area contributed by atoms with E-state index in [-0.39, 0.29) is 38.3 Å². The van der Waals surface area contributed by atoms with Crippen LogP contribution >= 0.6 is 11.8 Å². The largest absolute Gasteiger partial charge is 0.468 e. The second-order valence-electron chi connectivity index (χ2n) is 8.87. The van der Waals surface area contributed by atoms with Crippen molar-refractivity contribution < 1.29 is 35.6 Å². The van der Waals surface area contributed by atoms with Crippen molar-refractivity contribution in [2.24, 2.45) is 5.14 Å². The van der Waals surface area contributed by atoms with Crippen LogP contribution in [0.1, 0.15) is 24.2 Å². The maximum absolute atomic E-state index is 13.4. The van der Waals surface area contributed by atoms with Gasteiger partial charge in [0.05, 0.1) is 56.3 Å². The molecular weight excluding hydrogens is 595 g/mol. The van der Waals surface area contributed by atoms with E-state index in [4.69, 9.17) is 9.56 Å². The highest BCUT2D eigenvalue weighted by Gasteiger charge is 2.37. The number of hydrogen-bond acceptors (Lipinski definition) is 8. The highest BCUT2D eigenvalue weighted by molar-refractivity contribution is 8.03. The van der Waals surface area contributed by atoms with Gasteiger partial charge in [0.2, 0.25) is 15.9 Å². The number of para-hydroxylation sites is 1. The normalized spacial score (nSPS) is 15.6. The minimum absolute atomic E-state index is 0.0405. The van der Waals surface area contributed by atoms with Gasteiger partial charge in [0, 0.05) is 11.4 Å². The first-order valence-electron chi connectivity index (χ1n) is 12.0. The van der Waals surface area contributed by atoms with E-state index in [0.717, 1.165) is 23.9 Å². The highest BCUT2D eigenvalue weighted by atomic mass is 32.2. The minimum Gasteiger partial charge on any atom is -0.468 e. The summed E-state index contributed by atoms with van der Waals surface area (Å²) in [5.41, 5.74) is -0.669. The maximum atomic E-state index is 13.4. The smallest absolute Gasteiger partial charge is 0.418 e. The quantitative estimate of drug-likeness (QED) is 0.283. The molecule has 1 aliphatic heterocycles. The molecule has 2 aromatic carbocycles. The number of allylic oxidation sites excluding steroid dienone is 2. The van der Waals surface area contributed by atoms with E-state index in [2.05, 4.69) is 16.0 Å². The van der Waals surface area contributed by atoms with Gasteiger partial charge in [0.25, 0.3) is 5.91 Å². The lowest BCUT2D eigenvalue weighted by Gasteiger charge is -2.28. The molecule has 2 amide bonds. The number of sulfonamides is 1. The molecule has 42 heavy (non-hydrogen) atoms. The van der Waals surface area contributed by atoms with Crippen LogP contribution in [0.15, 0.2) is 98.1 Å². The molecule has 0 saturated heterocycles. The van der Waals surface area contributed by atoms with Crippen molar-refractivity contribution in [3.05, 3.63) is 100 Å². The second-order valence-corrected chi connectivity index (χ2v) is 11.4. The van der Waals surface area contributed by atoms with Crippen LogP contribution in [-0.4, -0.2) is 26.0 Å². The summed E-state index contributed by atoms with van der Waals surface area (Å²) in [6.45, 7) is 1.57. The Labute approximate surface area is 242 Å². The molecule has 0 saturated carbocycles. The number of nitrogens with zero attached hydrogens (tertiary/aromatic N) is 1. The predicted octanol–water partition coefficient (Wildman–Crippen LogP) is 4.65. The standard InChI is InChI=1S/C27H22F3N5O5S2/c1-15-23(25(37)34-16-8-10-17(11-9-16)42(32,38)39)24(21-7-4-12-40-21)18(13-31)26(33-15)41-14-22(36)35-20-6-3-2-5-19(20)27(28,29)30/h2-12,24,33H,14H2,1H3,(H,34,37)(H,35,36)(H2,32,38,39). The van der Waals surface area contributed by atoms with Gasteiger partial charge in [-0.15, -0.1) is 0 Å². The van der Waals surface area contributed by atoms with E-state index >= 15 is 0 Å². The van der Waals surface area contributed by atoms with Crippen LogP contribution in [0.5, 0.6) is 0 Å². The SMILES string of the molecule is CC1=C(C(=O)Nc2ccc(S(N)(=O)=O)cc2)C(c2ccco2)C(C#N)=C(SCC(=O)Nc2ccccc2C(F)(F)F)N1. The van der Waals surface area contributed by atoms with Crippen molar-refractivity contribution in [1.29, 1.82) is 5.26 Å². The lowest BCUT2D eigenvalue weighted by Crippen LogP contribution is -2.31. The van der Waals surface area contributed by atoms with Crippen LogP contribution in [0.2, 0.25) is 0 Å². The van der Waals surface area contributed by atoms with Gasteiger partial charge in [-0.2, -0.15) is 18.4 Å². The van der Waals surface area contributed by atoms with E-state index in [9.17, 15) is 36.4 Å². The molecule has 218 valence electrons. The third-order valence-electron chi connectivity index (χ3n) is 6.01. The number of furan rings is 1. The molecule has 10 nitrogen and oxygen atoms in total. The lowest BCUT2D eigenvalue weighted by molar-refractivity contribution is -0.137. The summed E-state index contributed by atoms with van der Waals surface area (Å²) in [6, 6.07) is 14.9. The van der Waals surface area contributed by atoms with E-state index in [1.165, 1.54) is 42.7 Å². The Morgan fingerprint density at radius 1 is 1.10 bits per heavy atom. The number of benzene rings is 2. The summed E-state index contributed by atoms with van der Waals surface area (Å²) in [7, 11) is -3.94. The van der Waals surface area contributed by atoms with Crippen LogP contribution in [0.25, 0.3) is 0 Å². The molecule has 4 rings (SSSR count). The molecule has 1 aromatic heterocycles. The van der Waals surface area contributed by atoms with Crippen molar-refractivity contribution in [2.75, 3.05) is 16.4 Å². The fraction of sp³-hybridized carbons (Fsp3) is 0.148. The molecule has 1 unspecified atom stereocenters. The van der Waals surface area contributed by atoms with Gasteiger partial charge in [0.1, 0.15) is 5.76 Å². The first kappa shape index (κ1) is 30.4. The zero-order valence-electron chi connectivity index (χ0n) is 21.7. The third-order valence-corrected chi connectivity index (χ3v) is 7.96. The monoisotopic (exact) mass is 617 g/mol. The molecule has 5 N–H and O–H groups in total. The number of alkyl halides is 3. The summed E-state index contributed by atoms with van der Waals surface area (Å²) in [5.74, 6) is -2.46. The number of nitrogens with one attached hydrogen (secondary N) is 3. The summed E-state index contributed by atoms with van der Waals surface area (Å²) in [6.07, 6.45) is -3.31. The number of thioether (sulfide) groups is 1. The number of nitriles is 1. The van der Waals surface area contributed by atoms with E-state index < -0.39 is 45.2 Å². The summed E-state index contributed by atoms with van der Waals surface area (Å²) in [4.78, 5) is 25.9. The Bertz CT molecular complexity index is 1730. The Hall–Kier alpha value is -4.52. The number of amides is 2.